The molecule has 6 nitrogen and oxygen atoms in total. The van der Waals surface area contributed by atoms with E-state index in [1.54, 1.807) is 29.3 Å². The van der Waals surface area contributed by atoms with Crippen molar-refractivity contribution in [2.45, 2.75) is 0 Å². The molecule has 1 N–H and O–H groups in total. The third-order valence-electron chi connectivity index (χ3n) is 2.78. The molecule has 0 radical (unpaired) electrons. The van der Waals surface area contributed by atoms with E-state index in [9.17, 15) is 4.79 Å². The first kappa shape index (κ1) is 10.5. The van der Waals surface area contributed by atoms with E-state index < -0.39 is 5.97 Å². The van der Waals surface area contributed by atoms with Crippen LogP contribution in [0, 0.1) is 0 Å². The van der Waals surface area contributed by atoms with Crippen molar-refractivity contribution < 1.29 is 9.90 Å². The Labute approximate surface area is 102 Å². The number of carboxylic acid groups (broad SMARTS) is 1. The van der Waals surface area contributed by atoms with Crippen LogP contribution in [-0.2, 0) is 7.05 Å². The molecule has 18 heavy (non-hydrogen) atoms. The van der Waals surface area contributed by atoms with E-state index in [-0.39, 0.29) is 5.56 Å². The highest BCUT2D eigenvalue weighted by molar-refractivity contribution is 6.01. The smallest absolute Gasteiger partial charge is 0.337 e. The summed E-state index contributed by atoms with van der Waals surface area (Å²) in [5.41, 5.74) is 2.29. The van der Waals surface area contributed by atoms with E-state index in [0.29, 0.717) is 5.52 Å². The van der Waals surface area contributed by atoms with Gasteiger partial charge in [0, 0.05) is 13.2 Å². The van der Waals surface area contributed by atoms with Gasteiger partial charge in [0.25, 0.3) is 0 Å². The van der Waals surface area contributed by atoms with Crippen LogP contribution in [0.25, 0.3) is 16.7 Å². The van der Waals surface area contributed by atoms with Gasteiger partial charge < -0.3 is 5.11 Å². The van der Waals surface area contributed by atoms with Gasteiger partial charge >= 0.3 is 5.97 Å². The number of carboxylic acids is 1. The average Bonchev–Trinajstić information content (AvgIpc) is 2.93. The summed E-state index contributed by atoms with van der Waals surface area (Å²) < 4.78 is 3.50. The highest BCUT2D eigenvalue weighted by Gasteiger charge is 2.13. The van der Waals surface area contributed by atoms with Gasteiger partial charge in [0.15, 0.2) is 0 Å². The van der Waals surface area contributed by atoms with Crippen LogP contribution in [0.5, 0.6) is 0 Å². The second-order valence-electron chi connectivity index (χ2n) is 3.97. The van der Waals surface area contributed by atoms with Crippen LogP contribution < -0.4 is 0 Å². The van der Waals surface area contributed by atoms with Crippen molar-refractivity contribution in [2.24, 2.45) is 7.05 Å². The van der Waals surface area contributed by atoms with Gasteiger partial charge in [-0.2, -0.15) is 5.10 Å². The average molecular weight is 242 g/mol. The number of hydrogen-bond donors (Lipinski definition) is 1. The Morgan fingerprint density at radius 1 is 1.39 bits per heavy atom. The molecular formula is C12H10N4O2. The fourth-order valence-electron chi connectivity index (χ4n) is 1.95. The highest BCUT2D eigenvalue weighted by Crippen LogP contribution is 2.20. The molecule has 0 amide bonds. The van der Waals surface area contributed by atoms with Crippen LogP contribution in [0.4, 0.5) is 0 Å². The molecule has 0 fully saturated rings. The maximum atomic E-state index is 11.1. The maximum Gasteiger partial charge on any atom is 0.337 e. The number of benzene rings is 1. The van der Waals surface area contributed by atoms with E-state index in [1.807, 2.05) is 23.9 Å². The normalized spacial score (nSPS) is 10.9. The minimum absolute atomic E-state index is 0.204. The van der Waals surface area contributed by atoms with Crippen molar-refractivity contribution in [1.29, 1.82) is 0 Å². The van der Waals surface area contributed by atoms with Gasteiger partial charge in [-0.1, -0.05) is 6.07 Å². The van der Waals surface area contributed by atoms with E-state index >= 15 is 0 Å². The Morgan fingerprint density at radius 3 is 2.89 bits per heavy atom. The topological polar surface area (TPSA) is 72.9 Å². The molecule has 0 aliphatic heterocycles. The lowest BCUT2D eigenvalue weighted by Gasteiger charge is -2.00. The molecule has 1 aromatic carbocycles. The largest absolute Gasteiger partial charge is 0.478 e. The zero-order valence-corrected chi connectivity index (χ0v) is 9.61. The van der Waals surface area contributed by atoms with Crippen LogP contribution in [0.1, 0.15) is 10.4 Å². The van der Waals surface area contributed by atoms with Crippen molar-refractivity contribution in [3.63, 3.8) is 0 Å². The molecule has 3 rings (SSSR count). The number of aryl methyl sites for hydroxylation is 1. The first-order valence-corrected chi connectivity index (χ1v) is 5.35. The standard InChI is InChI=1S/C12H10N4O2/c1-15-6-8(5-14-15)16-7-13-11-9(12(17)18)3-2-4-10(11)16/h2-7H,1H3,(H,17,18). The quantitative estimate of drug-likeness (QED) is 0.738. The molecule has 0 aliphatic rings. The van der Waals surface area contributed by atoms with Crippen molar-refractivity contribution in [3.05, 3.63) is 42.5 Å². The molecule has 2 aromatic heterocycles. The van der Waals surface area contributed by atoms with Crippen LogP contribution in [-0.4, -0.2) is 30.4 Å². The van der Waals surface area contributed by atoms with Gasteiger partial charge in [-0.15, -0.1) is 0 Å². The molecule has 2 heterocycles. The molecule has 0 saturated carbocycles. The highest BCUT2D eigenvalue weighted by atomic mass is 16.4. The van der Waals surface area contributed by atoms with Gasteiger partial charge in [-0.25, -0.2) is 9.78 Å². The predicted octanol–water partition coefficient (Wildman–Crippen LogP) is 1.46. The number of carbonyl (C=O) groups is 1. The van der Waals surface area contributed by atoms with Crippen LogP contribution in [0.15, 0.2) is 36.9 Å². The fraction of sp³-hybridized carbons (Fsp3) is 0.0833. The first-order valence-electron chi connectivity index (χ1n) is 5.35. The first-order chi connectivity index (χ1) is 8.66. The summed E-state index contributed by atoms with van der Waals surface area (Å²) >= 11 is 0. The lowest BCUT2D eigenvalue weighted by atomic mass is 10.2. The third-order valence-corrected chi connectivity index (χ3v) is 2.78. The van der Waals surface area contributed by atoms with Gasteiger partial charge in [-0.3, -0.25) is 9.25 Å². The summed E-state index contributed by atoms with van der Waals surface area (Å²) in [6.45, 7) is 0. The molecule has 0 atom stereocenters. The van der Waals surface area contributed by atoms with Crippen LogP contribution >= 0.6 is 0 Å². The lowest BCUT2D eigenvalue weighted by Crippen LogP contribution is -1.97. The van der Waals surface area contributed by atoms with E-state index in [0.717, 1.165) is 11.2 Å². The van der Waals surface area contributed by atoms with Crippen molar-refractivity contribution in [2.75, 3.05) is 0 Å². The maximum absolute atomic E-state index is 11.1. The predicted molar refractivity (Wildman–Crippen MR) is 64.8 cm³/mol. The lowest BCUT2D eigenvalue weighted by molar-refractivity contribution is 0.0699. The van der Waals surface area contributed by atoms with Gasteiger partial charge in [0.1, 0.15) is 11.8 Å². The zero-order chi connectivity index (χ0) is 12.7. The Kier molecular flexibility index (Phi) is 2.16. The SMILES string of the molecule is Cn1cc(-n2cnc3c(C(=O)O)cccc32)cn1. The molecular weight excluding hydrogens is 232 g/mol. The Morgan fingerprint density at radius 2 is 2.22 bits per heavy atom. The van der Waals surface area contributed by atoms with Crippen molar-refractivity contribution >= 4 is 17.0 Å². The van der Waals surface area contributed by atoms with Crippen molar-refractivity contribution in [1.82, 2.24) is 19.3 Å². The summed E-state index contributed by atoms with van der Waals surface area (Å²) in [4.78, 5) is 15.3. The molecule has 3 aromatic rings. The number of hydrogen-bond acceptors (Lipinski definition) is 3. The van der Waals surface area contributed by atoms with Gasteiger partial charge in [0.05, 0.1) is 23.0 Å². The molecule has 0 aliphatic carbocycles. The number of aromatic carboxylic acids is 1. The van der Waals surface area contributed by atoms with E-state index in [2.05, 4.69) is 10.1 Å². The van der Waals surface area contributed by atoms with Crippen molar-refractivity contribution in [3.8, 4) is 5.69 Å². The molecule has 0 unspecified atom stereocenters. The Bertz CT molecular complexity index is 741. The zero-order valence-electron chi connectivity index (χ0n) is 9.61. The summed E-state index contributed by atoms with van der Waals surface area (Å²) in [5.74, 6) is -0.975. The molecule has 0 saturated heterocycles. The summed E-state index contributed by atoms with van der Waals surface area (Å²) in [6, 6.07) is 5.09. The summed E-state index contributed by atoms with van der Waals surface area (Å²) in [6.07, 6.45) is 5.15. The minimum atomic E-state index is -0.975. The number of rotatable bonds is 2. The molecule has 6 heteroatoms. The number of fused-ring (bicyclic) bond motifs is 1. The Hall–Kier alpha value is -2.63. The number of para-hydroxylation sites is 1. The summed E-state index contributed by atoms with van der Waals surface area (Å²) in [5, 5.41) is 13.2. The van der Waals surface area contributed by atoms with Gasteiger partial charge in [0.2, 0.25) is 0 Å². The number of imidazole rings is 1. The van der Waals surface area contributed by atoms with Crippen LogP contribution in [0.2, 0.25) is 0 Å². The molecule has 0 bridgehead atoms. The fourth-order valence-corrected chi connectivity index (χ4v) is 1.95. The molecule has 0 spiro atoms. The summed E-state index contributed by atoms with van der Waals surface area (Å²) in [7, 11) is 1.82. The van der Waals surface area contributed by atoms with Gasteiger partial charge in [-0.05, 0) is 12.1 Å². The number of nitrogens with zero attached hydrogens (tertiary/aromatic N) is 4. The second kappa shape index (κ2) is 3.69. The second-order valence-corrected chi connectivity index (χ2v) is 3.97. The Balaban J connectivity index is 2.27. The van der Waals surface area contributed by atoms with E-state index in [1.165, 1.54) is 0 Å². The third kappa shape index (κ3) is 1.46. The van der Waals surface area contributed by atoms with E-state index in [4.69, 9.17) is 5.11 Å². The monoisotopic (exact) mass is 242 g/mol. The number of aromatic nitrogens is 4. The van der Waals surface area contributed by atoms with Crippen LogP contribution in [0.3, 0.4) is 0 Å². The molecule has 90 valence electrons. The minimum Gasteiger partial charge on any atom is -0.478 e.